The van der Waals surface area contributed by atoms with E-state index in [1.807, 2.05) is 24.4 Å². The molecule has 24 heavy (non-hydrogen) atoms. The van der Waals surface area contributed by atoms with Crippen LogP contribution in [0.3, 0.4) is 0 Å². The first-order chi connectivity index (χ1) is 11.4. The average molecular weight is 369 g/mol. The molecule has 0 aliphatic carbocycles. The number of anilines is 1. The topological polar surface area (TPSA) is 90.7 Å². The highest BCUT2D eigenvalue weighted by Gasteiger charge is 2.18. The van der Waals surface area contributed by atoms with E-state index in [-0.39, 0.29) is 28.1 Å². The van der Waals surface area contributed by atoms with Gasteiger partial charge in [-0.05, 0) is 24.4 Å². The maximum absolute atomic E-state index is 12.1. The number of benzene rings is 1. The number of hydrogen-bond donors (Lipinski definition) is 2. The van der Waals surface area contributed by atoms with E-state index in [9.17, 15) is 9.59 Å². The summed E-state index contributed by atoms with van der Waals surface area (Å²) in [5.41, 5.74) is 6.05. The van der Waals surface area contributed by atoms with Gasteiger partial charge in [0, 0.05) is 10.9 Å². The van der Waals surface area contributed by atoms with Gasteiger partial charge in [-0.25, -0.2) is 4.79 Å². The Morgan fingerprint density at radius 1 is 1.42 bits per heavy atom. The van der Waals surface area contributed by atoms with Gasteiger partial charge in [0.15, 0.2) is 6.61 Å². The van der Waals surface area contributed by atoms with Crippen LogP contribution in [0.2, 0.25) is 5.02 Å². The normalized spacial score (nSPS) is 11.6. The fourth-order valence-corrected chi connectivity index (χ4v) is 2.90. The molecule has 1 aromatic heterocycles. The van der Waals surface area contributed by atoms with Gasteiger partial charge >= 0.3 is 5.97 Å². The molecule has 2 rings (SSSR count). The summed E-state index contributed by atoms with van der Waals surface area (Å²) >= 11 is 7.45. The van der Waals surface area contributed by atoms with Crippen LogP contribution in [0.25, 0.3) is 0 Å². The number of carbonyl (C=O) groups excluding carboxylic acids is 2. The summed E-state index contributed by atoms with van der Waals surface area (Å²) in [6.45, 7) is 1.45. The largest absolute Gasteiger partial charge is 0.496 e. The van der Waals surface area contributed by atoms with Crippen LogP contribution in [0.1, 0.15) is 28.2 Å². The lowest BCUT2D eigenvalue weighted by Gasteiger charge is -2.13. The van der Waals surface area contributed by atoms with Gasteiger partial charge in [0.05, 0.1) is 23.9 Å². The van der Waals surface area contributed by atoms with Crippen molar-refractivity contribution in [1.29, 1.82) is 0 Å². The van der Waals surface area contributed by atoms with Crippen LogP contribution in [0.5, 0.6) is 5.75 Å². The number of nitrogen functional groups attached to an aromatic ring is 1. The fourth-order valence-electron chi connectivity index (χ4n) is 2.00. The second kappa shape index (κ2) is 8.03. The highest BCUT2D eigenvalue weighted by molar-refractivity contribution is 7.10. The van der Waals surface area contributed by atoms with Crippen LogP contribution in [0, 0.1) is 0 Å². The van der Waals surface area contributed by atoms with E-state index in [0.29, 0.717) is 0 Å². The lowest BCUT2D eigenvalue weighted by Crippen LogP contribution is -2.30. The number of nitrogens with one attached hydrogen (secondary N) is 1. The van der Waals surface area contributed by atoms with Crippen LogP contribution in [-0.4, -0.2) is 25.6 Å². The highest BCUT2D eigenvalue weighted by atomic mass is 35.5. The number of hydrogen-bond acceptors (Lipinski definition) is 6. The summed E-state index contributed by atoms with van der Waals surface area (Å²) < 4.78 is 10.1. The van der Waals surface area contributed by atoms with Gasteiger partial charge in [-0.15, -0.1) is 11.3 Å². The van der Waals surface area contributed by atoms with Crippen molar-refractivity contribution in [3.05, 3.63) is 45.1 Å². The minimum Gasteiger partial charge on any atom is -0.496 e. The van der Waals surface area contributed by atoms with Crippen molar-refractivity contribution < 1.29 is 19.1 Å². The fraction of sp³-hybridized carbons (Fsp3) is 0.250. The summed E-state index contributed by atoms with van der Waals surface area (Å²) in [6.07, 6.45) is 0. The monoisotopic (exact) mass is 368 g/mol. The molecular formula is C16H17ClN2O4S. The van der Waals surface area contributed by atoms with Gasteiger partial charge in [-0.2, -0.15) is 0 Å². The minimum absolute atomic E-state index is 0.107. The quantitative estimate of drug-likeness (QED) is 0.604. The molecule has 0 saturated carbocycles. The summed E-state index contributed by atoms with van der Waals surface area (Å²) in [7, 11) is 1.40. The van der Waals surface area contributed by atoms with E-state index in [2.05, 4.69) is 5.32 Å². The smallest absolute Gasteiger partial charge is 0.342 e. The van der Waals surface area contributed by atoms with Gasteiger partial charge in [0.2, 0.25) is 0 Å². The van der Waals surface area contributed by atoms with E-state index in [4.69, 9.17) is 26.8 Å². The zero-order valence-electron chi connectivity index (χ0n) is 13.2. The van der Waals surface area contributed by atoms with Crippen molar-refractivity contribution in [2.45, 2.75) is 13.0 Å². The molecule has 0 spiro atoms. The molecule has 2 aromatic rings. The van der Waals surface area contributed by atoms with E-state index < -0.39 is 18.5 Å². The Hall–Kier alpha value is -2.25. The number of ether oxygens (including phenoxy) is 2. The average Bonchev–Trinajstić information content (AvgIpc) is 3.09. The second-order valence-electron chi connectivity index (χ2n) is 4.95. The number of methoxy groups -OCH3 is 1. The number of rotatable bonds is 6. The zero-order valence-corrected chi connectivity index (χ0v) is 14.7. The summed E-state index contributed by atoms with van der Waals surface area (Å²) in [4.78, 5) is 25.0. The second-order valence-corrected chi connectivity index (χ2v) is 6.34. The van der Waals surface area contributed by atoms with Crippen molar-refractivity contribution >= 4 is 40.5 Å². The van der Waals surface area contributed by atoms with Crippen molar-refractivity contribution in [1.82, 2.24) is 5.32 Å². The standard InChI is InChI=1S/C16H17ClN2O4S/c1-9(14-4-3-5-24-14)19-15(20)8-23-16(21)10-6-11(17)12(18)7-13(10)22-2/h3-7,9H,8,18H2,1-2H3,(H,19,20). The Kier molecular flexibility index (Phi) is 6.05. The molecule has 0 saturated heterocycles. The number of carbonyl (C=O) groups is 2. The van der Waals surface area contributed by atoms with Gasteiger partial charge in [0.1, 0.15) is 11.3 Å². The molecule has 1 heterocycles. The Labute approximate surface area is 148 Å². The third kappa shape index (κ3) is 4.39. The SMILES string of the molecule is COc1cc(N)c(Cl)cc1C(=O)OCC(=O)NC(C)c1cccs1. The molecule has 128 valence electrons. The molecule has 0 fully saturated rings. The molecule has 3 N–H and O–H groups in total. The molecule has 1 aromatic carbocycles. The molecule has 1 atom stereocenters. The van der Waals surface area contributed by atoms with Crippen molar-refractivity contribution in [3.63, 3.8) is 0 Å². The molecule has 0 aliphatic rings. The van der Waals surface area contributed by atoms with Crippen molar-refractivity contribution in [3.8, 4) is 5.75 Å². The summed E-state index contributed by atoms with van der Waals surface area (Å²) in [6, 6.07) is 6.45. The number of amides is 1. The van der Waals surface area contributed by atoms with Crippen LogP contribution in [0.4, 0.5) is 5.69 Å². The maximum Gasteiger partial charge on any atom is 0.342 e. The third-order valence-electron chi connectivity index (χ3n) is 3.22. The molecule has 1 amide bonds. The van der Waals surface area contributed by atoms with Crippen LogP contribution in [-0.2, 0) is 9.53 Å². The van der Waals surface area contributed by atoms with Crippen LogP contribution in [0.15, 0.2) is 29.6 Å². The van der Waals surface area contributed by atoms with Gasteiger partial charge in [-0.1, -0.05) is 17.7 Å². The number of nitrogens with two attached hydrogens (primary N) is 1. The van der Waals surface area contributed by atoms with Gasteiger partial charge in [-0.3, -0.25) is 4.79 Å². The summed E-state index contributed by atoms with van der Waals surface area (Å²) in [5.74, 6) is -0.883. The lowest BCUT2D eigenvalue weighted by molar-refractivity contribution is -0.124. The minimum atomic E-state index is -0.715. The first-order valence-corrected chi connectivity index (χ1v) is 8.31. The molecule has 8 heteroatoms. The molecular weight excluding hydrogens is 352 g/mol. The molecule has 0 aliphatic heterocycles. The van der Waals surface area contributed by atoms with Gasteiger partial charge < -0.3 is 20.5 Å². The van der Waals surface area contributed by atoms with Gasteiger partial charge in [0.25, 0.3) is 5.91 Å². The third-order valence-corrected chi connectivity index (χ3v) is 4.60. The Morgan fingerprint density at radius 2 is 2.17 bits per heavy atom. The van der Waals surface area contributed by atoms with E-state index in [1.165, 1.54) is 30.6 Å². The first kappa shape index (κ1) is 18.1. The van der Waals surface area contributed by atoms with E-state index in [1.54, 1.807) is 0 Å². The number of esters is 1. The van der Waals surface area contributed by atoms with Crippen molar-refractivity contribution in [2.75, 3.05) is 19.5 Å². The first-order valence-electron chi connectivity index (χ1n) is 7.05. The Morgan fingerprint density at radius 3 is 2.79 bits per heavy atom. The highest BCUT2D eigenvalue weighted by Crippen LogP contribution is 2.29. The van der Waals surface area contributed by atoms with Crippen LogP contribution < -0.4 is 15.8 Å². The predicted octanol–water partition coefficient (Wildman–Crippen LogP) is 3.03. The maximum atomic E-state index is 12.1. The Bertz CT molecular complexity index is 734. The Balaban J connectivity index is 1.95. The molecule has 1 unspecified atom stereocenters. The van der Waals surface area contributed by atoms with Crippen LogP contribution >= 0.6 is 22.9 Å². The zero-order chi connectivity index (χ0) is 17.7. The van der Waals surface area contributed by atoms with Crippen molar-refractivity contribution in [2.24, 2.45) is 0 Å². The molecule has 0 radical (unpaired) electrons. The van der Waals surface area contributed by atoms with E-state index >= 15 is 0 Å². The number of halogens is 1. The lowest BCUT2D eigenvalue weighted by atomic mass is 10.2. The summed E-state index contributed by atoms with van der Waals surface area (Å²) in [5, 5.41) is 4.89. The molecule has 6 nitrogen and oxygen atoms in total. The van der Waals surface area contributed by atoms with E-state index in [0.717, 1.165) is 4.88 Å². The predicted molar refractivity (Wildman–Crippen MR) is 93.6 cm³/mol. The number of thiophene rings is 1. The molecule has 0 bridgehead atoms.